The number of carbonyl (C=O) groups is 1. The Morgan fingerprint density at radius 1 is 0.906 bits per heavy atom. The predicted molar refractivity (Wildman–Crippen MR) is 126 cm³/mol. The van der Waals surface area contributed by atoms with Crippen molar-refractivity contribution >= 4 is 5.91 Å². The summed E-state index contributed by atoms with van der Waals surface area (Å²) in [6.07, 6.45) is 6.21. The maximum Gasteiger partial charge on any atom is 0.220 e. The van der Waals surface area contributed by atoms with E-state index >= 15 is 0 Å². The van der Waals surface area contributed by atoms with Crippen LogP contribution in [0.25, 0.3) is 0 Å². The van der Waals surface area contributed by atoms with Gasteiger partial charge < -0.3 is 19.5 Å². The average Bonchev–Trinajstić information content (AvgIpc) is 3.09. The second-order valence-corrected chi connectivity index (χ2v) is 8.28. The molecule has 1 aliphatic heterocycles. The van der Waals surface area contributed by atoms with Crippen molar-refractivity contribution in [3.05, 3.63) is 53.1 Å². The SMILES string of the molecule is COc1ccc(CCC(=O)NCc2cccc(CN3CCCCCC3)c2)c(OC)c1OC. The van der Waals surface area contributed by atoms with Crippen LogP contribution in [-0.4, -0.2) is 45.2 Å². The number of nitrogens with zero attached hydrogens (tertiary/aromatic N) is 1. The summed E-state index contributed by atoms with van der Waals surface area (Å²) < 4.78 is 16.3. The fourth-order valence-corrected chi connectivity index (χ4v) is 4.29. The summed E-state index contributed by atoms with van der Waals surface area (Å²) in [5, 5.41) is 3.05. The number of methoxy groups -OCH3 is 3. The van der Waals surface area contributed by atoms with Crippen LogP contribution in [0.1, 0.15) is 48.8 Å². The summed E-state index contributed by atoms with van der Waals surface area (Å²) in [5.41, 5.74) is 3.36. The summed E-state index contributed by atoms with van der Waals surface area (Å²) in [6, 6.07) is 12.3. The number of aryl methyl sites for hydroxylation is 1. The second kappa shape index (κ2) is 12.3. The highest BCUT2D eigenvalue weighted by molar-refractivity contribution is 5.76. The van der Waals surface area contributed by atoms with Crippen molar-refractivity contribution in [3.8, 4) is 17.2 Å². The van der Waals surface area contributed by atoms with Crippen molar-refractivity contribution in [2.75, 3.05) is 34.4 Å². The van der Waals surface area contributed by atoms with Crippen molar-refractivity contribution in [3.63, 3.8) is 0 Å². The predicted octanol–water partition coefficient (Wildman–Crippen LogP) is 4.34. The van der Waals surface area contributed by atoms with Gasteiger partial charge >= 0.3 is 0 Å². The van der Waals surface area contributed by atoms with Crippen molar-refractivity contribution < 1.29 is 19.0 Å². The van der Waals surface area contributed by atoms with Crippen LogP contribution < -0.4 is 19.5 Å². The first-order valence-corrected chi connectivity index (χ1v) is 11.5. The lowest BCUT2D eigenvalue weighted by molar-refractivity contribution is -0.121. The Balaban J connectivity index is 1.52. The third-order valence-corrected chi connectivity index (χ3v) is 5.99. The molecule has 1 aliphatic rings. The van der Waals surface area contributed by atoms with Gasteiger partial charge in [-0.25, -0.2) is 0 Å². The second-order valence-electron chi connectivity index (χ2n) is 8.28. The fraction of sp³-hybridized carbons (Fsp3) is 0.500. The largest absolute Gasteiger partial charge is 0.493 e. The number of carbonyl (C=O) groups excluding carboxylic acids is 1. The molecule has 1 saturated heterocycles. The van der Waals surface area contributed by atoms with Gasteiger partial charge in [0.05, 0.1) is 21.3 Å². The van der Waals surface area contributed by atoms with E-state index in [2.05, 4.69) is 34.5 Å². The molecule has 0 aliphatic carbocycles. The zero-order valence-electron chi connectivity index (χ0n) is 19.6. The molecule has 1 heterocycles. The standard InChI is InChI=1S/C26H36N2O4/c1-30-23-13-11-22(25(31-2)26(23)32-3)12-14-24(29)27-18-20-9-8-10-21(17-20)19-28-15-6-4-5-7-16-28/h8-11,13,17H,4-7,12,14-16,18-19H2,1-3H3,(H,27,29). The number of hydrogen-bond donors (Lipinski definition) is 1. The Morgan fingerprint density at radius 2 is 1.62 bits per heavy atom. The maximum absolute atomic E-state index is 12.5. The summed E-state index contributed by atoms with van der Waals surface area (Å²) in [5.74, 6) is 1.78. The van der Waals surface area contributed by atoms with E-state index in [0.29, 0.717) is 36.6 Å². The van der Waals surface area contributed by atoms with E-state index in [4.69, 9.17) is 14.2 Å². The molecule has 174 valence electrons. The first-order valence-electron chi connectivity index (χ1n) is 11.5. The lowest BCUT2D eigenvalue weighted by Crippen LogP contribution is -2.25. The molecule has 1 N–H and O–H groups in total. The molecule has 6 nitrogen and oxygen atoms in total. The van der Waals surface area contributed by atoms with Gasteiger partial charge in [0.25, 0.3) is 0 Å². The smallest absolute Gasteiger partial charge is 0.220 e. The molecule has 0 aromatic heterocycles. The Hall–Kier alpha value is -2.73. The molecule has 1 fully saturated rings. The van der Waals surface area contributed by atoms with Crippen LogP contribution in [0.2, 0.25) is 0 Å². The minimum Gasteiger partial charge on any atom is -0.493 e. The molecular weight excluding hydrogens is 404 g/mol. The molecule has 1 amide bonds. The number of nitrogens with one attached hydrogen (secondary N) is 1. The van der Waals surface area contributed by atoms with Gasteiger partial charge in [0.1, 0.15) is 0 Å². The van der Waals surface area contributed by atoms with Gasteiger partial charge in [-0.15, -0.1) is 0 Å². The van der Waals surface area contributed by atoms with Gasteiger partial charge in [0, 0.05) is 19.5 Å². The lowest BCUT2D eigenvalue weighted by Gasteiger charge is -2.20. The van der Waals surface area contributed by atoms with E-state index in [-0.39, 0.29) is 5.91 Å². The molecule has 0 spiro atoms. The van der Waals surface area contributed by atoms with Gasteiger partial charge in [0.15, 0.2) is 11.5 Å². The maximum atomic E-state index is 12.5. The van der Waals surface area contributed by atoms with Crippen LogP contribution in [0, 0.1) is 0 Å². The summed E-state index contributed by atoms with van der Waals surface area (Å²) in [4.78, 5) is 15.0. The minimum absolute atomic E-state index is 0.0137. The van der Waals surface area contributed by atoms with Gasteiger partial charge in [-0.2, -0.15) is 0 Å². The number of benzene rings is 2. The topological polar surface area (TPSA) is 60.0 Å². The van der Waals surface area contributed by atoms with Crippen LogP contribution in [-0.2, 0) is 24.3 Å². The van der Waals surface area contributed by atoms with E-state index in [1.807, 2.05) is 12.1 Å². The normalized spacial score (nSPS) is 14.5. The summed E-state index contributed by atoms with van der Waals surface area (Å²) in [7, 11) is 4.77. The van der Waals surface area contributed by atoms with Crippen LogP contribution in [0.4, 0.5) is 0 Å². The molecule has 0 radical (unpaired) electrons. The molecule has 0 saturated carbocycles. The molecule has 0 bridgehead atoms. The Bertz CT molecular complexity index is 876. The monoisotopic (exact) mass is 440 g/mol. The van der Waals surface area contributed by atoms with E-state index in [1.165, 1.54) is 44.3 Å². The molecule has 2 aromatic rings. The van der Waals surface area contributed by atoms with Gasteiger partial charge in [-0.1, -0.05) is 43.2 Å². The summed E-state index contributed by atoms with van der Waals surface area (Å²) >= 11 is 0. The molecule has 3 rings (SSSR count). The number of likely N-dealkylation sites (tertiary alicyclic amines) is 1. The van der Waals surface area contributed by atoms with Crippen molar-refractivity contribution in [2.45, 2.75) is 51.6 Å². The fourth-order valence-electron chi connectivity index (χ4n) is 4.29. The highest BCUT2D eigenvalue weighted by Crippen LogP contribution is 2.40. The van der Waals surface area contributed by atoms with E-state index in [0.717, 1.165) is 17.7 Å². The van der Waals surface area contributed by atoms with Crippen LogP contribution in [0.3, 0.4) is 0 Å². The van der Waals surface area contributed by atoms with Crippen molar-refractivity contribution in [2.24, 2.45) is 0 Å². The number of ether oxygens (including phenoxy) is 3. The highest BCUT2D eigenvalue weighted by atomic mass is 16.5. The van der Waals surface area contributed by atoms with Crippen LogP contribution >= 0.6 is 0 Å². The Labute approximate surface area is 191 Å². The molecule has 6 heteroatoms. The Kier molecular flexibility index (Phi) is 9.23. The first kappa shape index (κ1) is 23.9. The quantitative estimate of drug-likeness (QED) is 0.596. The third-order valence-electron chi connectivity index (χ3n) is 5.99. The number of rotatable bonds is 10. The van der Waals surface area contributed by atoms with Crippen LogP contribution in [0.15, 0.2) is 36.4 Å². The Morgan fingerprint density at radius 3 is 2.31 bits per heavy atom. The molecule has 0 unspecified atom stereocenters. The molecule has 0 atom stereocenters. The van der Waals surface area contributed by atoms with Crippen LogP contribution in [0.5, 0.6) is 17.2 Å². The number of amides is 1. The lowest BCUT2D eigenvalue weighted by atomic mass is 10.1. The van der Waals surface area contributed by atoms with E-state index in [9.17, 15) is 4.79 Å². The summed E-state index contributed by atoms with van der Waals surface area (Å²) in [6.45, 7) is 3.89. The molecular formula is C26H36N2O4. The minimum atomic E-state index is 0.0137. The van der Waals surface area contributed by atoms with Crippen molar-refractivity contribution in [1.82, 2.24) is 10.2 Å². The zero-order chi connectivity index (χ0) is 22.8. The zero-order valence-corrected chi connectivity index (χ0v) is 19.6. The highest BCUT2D eigenvalue weighted by Gasteiger charge is 2.16. The van der Waals surface area contributed by atoms with E-state index in [1.54, 1.807) is 21.3 Å². The number of hydrogen-bond acceptors (Lipinski definition) is 5. The first-order chi connectivity index (χ1) is 15.6. The molecule has 32 heavy (non-hydrogen) atoms. The average molecular weight is 441 g/mol. The third kappa shape index (κ3) is 6.63. The van der Waals surface area contributed by atoms with E-state index < -0.39 is 0 Å². The van der Waals surface area contributed by atoms with Crippen molar-refractivity contribution in [1.29, 1.82) is 0 Å². The van der Waals surface area contributed by atoms with Gasteiger partial charge in [0.2, 0.25) is 11.7 Å². The van der Waals surface area contributed by atoms with Gasteiger partial charge in [-0.05, 0) is 55.1 Å². The van der Waals surface area contributed by atoms with Gasteiger partial charge in [-0.3, -0.25) is 9.69 Å². The molecule has 2 aromatic carbocycles.